The average molecular weight is 431 g/mol. The largest absolute Gasteiger partial charge is 0.505 e. The lowest BCUT2D eigenvalue weighted by molar-refractivity contribution is -0.118. The summed E-state index contributed by atoms with van der Waals surface area (Å²) in [6.45, 7) is 2.30. The molecular formula is C22H20Cl2N2O3. The number of anilines is 2. The number of halogens is 2. The fraction of sp³-hybridized carbons (Fsp3) is 0.136. The van der Waals surface area contributed by atoms with Crippen LogP contribution in [-0.2, 0) is 11.3 Å². The van der Waals surface area contributed by atoms with Gasteiger partial charge >= 0.3 is 0 Å². The Morgan fingerprint density at radius 1 is 1.00 bits per heavy atom. The number of carbonyl (C=O) groups excluding carboxylic acids is 1. The molecule has 3 N–H and O–H groups in total. The van der Waals surface area contributed by atoms with Crippen LogP contribution in [0.25, 0.3) is 0 Å². The number of aryl methyl sites for hydroxylation is 1. The molecule has 0 aliphatic rings. The molecule has 0 unspecified atom stereocenters. The average Bonchev–Trinajstić information content (AvgIpc) is 2.71. The molecule has 0 aliphatic carbocycles. The van der Waals surface area contributed by atoms with E-state index in [0.29, 0.717) is 18.0 Å². The Morgan fingerprint density at radius 2 is 1.66 bits per heavy atom. The highest BCUT2D eigenvalue weighted by Gasteiger charge is 2.09. The fourth-order valence-electron chi connectivity index (χ4n) is 2.63. The van der Waals surface area contributed by atoms with Gasteiger partial charge in [0.2, 0.25) is 0 Å². The zero-order valence-corrected chi connectivity index (χ0v) is 17.2. The number of nitrogens with one attached hydrogen (secondary N) is 2. The van der Waals surface area contributed by atoms with E-state index in [9.17, 15) is 9.90 Å². The highest BCUT2D eigenvalue weighted by Crippen LogP contribution is 2.35. The third-order valence-corrected chi connectivity index (χ3v) is 4.74. The number of amides is 1. The Labute approximate surface area is 179 Å². The molecule has 0 spiro atoms. The molecule has 3 aromatic carbocycles. The molecule has 0 saturated carbocycles. The van der Waals surface area contributed by atoms with Gasteiger partial charge in [-0.2, -0.15) is 0 Å². The Bertz CT molecular complexity index is 984. The summed E-state index contributed by atoms with van der Waals surface area (Å²) in [7, 11) is 0. The van der Waals surface area contributed by atoms with E-state index in [1.165, 1.54) is 0 Å². The van der Waals surface area contributed by atoms with Crippen LogP contribution in [-0.4, -0.2) is 17.6 Å². The molecule has 150 valence electrons. The van der Waals surface area contributed by atoms with Crippen LogP contribution in [0.3, 0.4) is 0 Å². The molecule has 0 radical (unpaired) electrons. The summed E-state index contributed by atoms with van der Waals surface area (Å²) in [5, 5.41) is 16.0. The maximum Gasteiger partial charge on any atom is 0.262 e. The molecule has 29 heavy (non-hydrogen) atoms. The number of ether oxygens (including phenoxy) is 1. The van der Waals surface area contributed by atoms with E-state index < -0.39 is 0 Å². The number of hydrogen-bond acceptors (Lipinski definition) is 4. The van der Waals surface area contributed by atoms with Gasteiger partial charge in [0.25, 0.3) is 5.91 Å². The summed E-state index contributed by atoms with van der Waals surface area (Å²) < 4.78 is 5.71. The number of para-hydroxylation sites is 1. The number of hydrogen-bond donors (Lipinski definition) is 3. The minimum atomic E-state index is -0.242. The number of phenolic OH excluding ortho intramolecular Hbond substituents is 1. The second-order valence-electron chi connectivity index (χ2n) is 6.45. The third-order valence-electron chi connectivity index (χ3n) is 4.17. The van der Waals surface area contributed by atoms with Crippen molar-refractivity contribution >= 4 is 40.5 Å². The van der Waals surface area contributed by atoms with Gasteiger partial charge in [-0.1, -0.05) is 59.1 Å². The molecule has 0 bridgehead atoms. The first-order valence-corrected chi connectivity index (χ1v) is 9.67. The van der Waals surface area contributed by atoms with Crippen molar-refractivity contribution in [3.63, 3.8) is 0 Å². The first-order chi connectivity index (χ1) is 13.9. The lowest BCUT2D eigenvalue weighted by Gasteiger charge is -2.13. The number of rotatable bonds is 7. The Balaban J connectivity index is 1.60. The van der Waals surface area contributed by atoms with Crippen LogP contribution in [0, 0.1) is 6.92 Å². The van der Waals surface area contributed by atoms with Crippen LogP contribution in [0.15, 0.2) is 60.7 Å². The minimum absolute atomic E-state index is 0.109. The third kappa shape index (κ3) is 5.79. The van der Waals surface area contributed by atoms with Gasteiger partial charge in [0.15, 0.2) is 12.4 Å². The Hall–Kier alpha value is -2.89. The van der Waals surface area contributed by atoms with Crippen LogP contribution < -0.4 is 15.4 Å². The van der Waals surface area contributed by atoms with E-state index in [4.69, 9.17) is 27.9 Å². The summed E-state index contributed by atoms with van der Waals surface area (Å²) in [6, 6.07) is 18.1. The first kappa shape index (κ1) is 20.8. The van der Waals surface area contributed by atoms with Crippen molar-refractivity contribution in [2.75, 3.05) is 17.2 Å². The second kappa shape index (κ2) is 9.54. The molecule has 0 aromatic heterocycles. The Morgan fingerprint density at radius 3 is 2.34 bits per heavy atom. The minimum Gasteiger partial charge on any atom is -0.505 e. The van der Waals surface area contributed by atoms with Gasteiger partial charge in [0, 0.05) is 23.5 Å². The molecule has 0 aliphatic heterocycles. The van der Waals surface area contributed by atoms with Crippen LogP contribution in [0.1, 0.15) is 11.1 Å². The second-order valence-corrected chi connectivity index (χ2v) is 7.27. The molecule has 0 fully saturated rings. The van der Waals surface area contributed by atoms with E-state index in [-0.39, 0.29) is 28.3 Å². The topological polar surface area (TPSA) is 70.6 Å². The van der Waals surface area contributed by atoms with Crippen molar-refractivity contribution in [1.82, 2.24) is 0 Å². The summed E-state index contributed by atoms with van der Waals surface area (Å²) in [4.78, 5) is 12.2. The Kier molecular flexibility index (Phi) is 6.86. The van der Waals surface area contributed by atoms with E-state index in [0.717, 1.165) is 16.8 Å². The van der Waals surface area contributed by atoms with Crippen molar-refractivity contribution in [3.05, 3.63) is 81.8 Å². The van der Waals surface area contributed by atoms with E-state index in [1.54, 1.807) is 18.2 Å². The number of phenols is 1. The fourth-order valence-corrected chi connectivity index (χ4v) is 3.12. The van der Waals surface area contributed by atoms with Crippen molar-refractivity contribution in [2.45, 2.75) is 13.5 Å². The van der Waals surface area contributed by atoms with Gasteiger partial charge in [-0.25, -0.2) is 0 Å². The van der Waals surface area contributed by atoms with Gasteiger partial charge < -0.3 is 20.5 Å². The zero-order valence-electron chi connectivity index (χ0n) is 15.7. The number of benzene rings is 3. The lowest BCUT2D eigenvalue weighted by atomic mass is 10.2. The zero-order chi connectivity index (χ0) is 20.8. The summed E-state index contributed by atoms with van der Waals surface area (Å²) in [5.41, 5.74) is 3.36. The highest BCUT2D eigenvalue weighted by atomic mass is 35.5. The molecule has 5 nitrogen and oxygen atoms in total. The standard InChI is InChI=1S/C22H20Cl2N2O3/c1-14-6-8-16(9-7-14)26-21(27)13-29-20-5-3-2-4-15(20)12-25-17-10-18(23)22(28)19(24)11-17/h2-11,25,28H,12-13H2,1H3,(H,26,27). The molecular weight excluding hydrogens is 411 g/mol. The van der Waals surface area contributed by atoms with Gasteiger partial charge in [-0.15, -0.1) is 0 Å². The molecule has 0 atom stereocenters. The van der Waals surface area contributed by atoms with Crippen LogP contribution in [0.5, 0.6) is 11.5 Å². The van der Waals surface area contributed by atoms with E-state index >= 15 is 0 Å². The normalized spacial score (nSPS) is 10.4. The number of aromatic hydroxyl groups is 1. The first-order valence-electron chi connectivity index (χ1n) is 8.91. The van der Waals surface area contributed by atoms with E-state index in [1.807, 2.05) is 49.4 Å². The van der Waals surface area contributed by atoms with Crippen molar-refractivity contribution in [1.29, 1.82) is 0 Å². The van der Waals surface area contributed by atoms with Gasteiger partial charge in [0.1, 0.15) is 5.75 Å². The summed E-state index contributed by atoms with van der Waals surface area (Å²) in [6.07, 6.45) is 0. The quantitative estimate of drug-likeness (QED) is 0.424. The molecule has 7 heteroatoms. The summed E-state index contributed by atoms with van der Waals surface area (Å²) >= 11 is 11.9. The molecule has 3 rings (SSSR count). The predicted octanol–water partition coefficient (Wildman–Crippen LogP) is 5.64. The lowest BCUT2D eigenvalue weighted by Crippen LogP contribution is -2.20. The van der Waals surface area contributed by atoms with Gasteiger partial charge in [0.05, 0.1) is 10.0 Å². The van der Waals surface area contributed by atoms with Gasteiger partial charge in [-0.3, -0.25) is 4.79 Å². The maximum absolute atomic E-state index is 12.2. The maximum atomic E-state index is 12.2. The van der Waals surface area contributed by atoms with Crippen molar-refractivity contribution in [2.24, 2.45) is 0 Å². The number of carbonyl (C=O) groups is 1. The van der Waals surface area contributed by atoms with Crippen LogP contribution in [0.2, 0.25) is 10.0 Å². The smallest absolute Gasteiger partial charge is 0.262 e. The van der Waals surface area contributed by atoms with Crippen LogP contribution >= 0.6 is 23.2 Å². The molecule has 1 amide bonds. The molecule has 0 heterocycles. The SMILES string of the molecule is Cc1ccc(NC(=O)COc2ccccc2CNc2cc(Cl)c(O)c(Cl)c2)cc1. The monoisotopic (exact) mass is 430 g/mol. The predicted molar refractivity (Wildman–Crippen MR) is 117 cm³/mol. The van der Waals surface area contributed by atoms with Crippen molar-refractivity contribution < 1.29 is 14.6 Å². The van der Waals surface area contributed by atoms with Crippen LogP contribution in [0.4, 0.5) is 11.4 Å². The molecule has 0 saturated heterocycles. The highest BCUT2D eigenvalue weighted by molar-refractivity contribution is 6.37. The van der Waals surface area contributed by atoms with Crippen molar-refractivity contribution in [3.8, 4) is 11.5 Å². The van der Waals surface area contributed by atoms with Gasteiger partial charge in [-0.05, 0) is 37.3 Å². The summed E-state index contributed by atoms with van der Waals surface area (Å²) in [5.74, 6) is 0.200. The molecule has 3 aromatic rings. The van der Waals surface area contributed by atoms with E-state index in [2.05, 4.69) is 10.6 Å².